The normalized spacial score (nSPS) is 12.9. The number of nitrogens with one attached hydrogen (secondary N) is 2. The summed E-state index contributed by atoms with van der Waals surface area (Å²) in [6.45, 7) is 3.90. The summed E-state index contributed by atoms with van der Waals surface area (Å²) in [5, 5.41) is 18.5. The van der Waals surface area contributed by atoms with Crippen molar-refractivity contribution >= 4 is 17.5 Å². The lowest BCUT2D eigenvalue weighted by molar-refractivity contribution is 0.0936. The Hall–Kier alpha value is -3.76. The monoisotopic (exact) mass is 492 g/mol. The number of aromatic nitrogens is 2. The number of amides is 2. The zero-order valence-electron chi connectivity index (χ0n) is 19.6. The number of halogens is 3. The summed E-state index contributed by atoms with van der Waals surface area (Å²) < 4.78 is 47.7. The molecule has 0 saturated heterocycles. The molecule has 2 heterocycles. The molecule has 0 fully saturated rings. The Morgan fingerprint density at radius 3 is 2.51 bits per heavy atom. The molecule has 35 heavy (non-hydrogen) atoms. The van der Waals surface area contributed by atoms with Gasteiger partial charge in [0.2, 0.25) is 5.88 Å². The van der Waals surface area contributed by atoms with Gasteiger partial charge in [0, 0.05) is 12.6 Å². The first-order chi connectivity index (χ1) is 16.5. The molecule has 3 aromatic rings. The SMILES string of the molecule is Cc1cc(OCc2c(F)cccc2F)n2nc(C)c(C(=O)NCC(C)(CCCF)NC(=O)O)c2c1. The van der Waals surface area contributed by atoms with Gasteiger partial charge in [0.25, 0.3) is 5.91 Å². The van der Waals surface area contributed by atoms with Gasteiger partial charge in [0.05, 0.1) is 34.6 Å². The third kappa shape index (κ3) is 6.03. The number of carbonyl (C=O) groups is 2. The lowest BCUT2D eigenvalue weighted by atomic mass is 9.96. The van der Waals surface area contributed by atoms with Crippen molar-refractivity contribution in [3.8, 4) is 5.88 Å². The molecule has 0 aliphatic rings. The Bertz CT molecular complexity index is 1230. The minimum Gasteiger partial charge on any atom is -0.473 e. The Labute approximate surface area is 200 Å². The molecular formula is C24H27F3N4O4. The maximum atomic E-state index is 14.0. The molecule has 8 nitrogen and oxygen atoms in total. The highest BCUT2D eigenvalue weighted by Crippen LogP contribution is 2.25. The van der Waals surface area contributed by atoms with Crippen LogP contribution in [0.2, 0.25) is 0 Å². The largest absolute Gasteiger partial charge is 0.473 e. The molecule has 1 unspecified atom stereocenters. The van der Waals surface area contributed by atoms with E-state index in [9.17, 15) is 22.8 Å². The fraction of sp³-hybridized carbons (Fsp3) is 0.375. The second-order valence-electron chi connectivity index (χ2n) is 8.58. The van der Waals surface area contributed by atoms with Crippen LogP contribution in [0.4, 0.5) is 18.0 Å². The third-order valence-corrected chi connectivity index (χ3v) is 5.58. The lowest BCUT2D eigenvalue weighted by Gasteiger charge is -2.29. The number of aryl methyl sites for hydroxylation is 2. The number of nitrogens with zero attached hydrogens (tertiary/aromatic N) is 2. The fourth-order valence-corrected chi connectivity index (χ4v) is 3.83. The molecule has 2 amide bonds. The van der Waals surface area contributed by atoms with E-state index in [1.54, 1.807) is 32.9 Å². The lowest BCUT2D eigenvalue weighted by Crippen LogP contribution is -2.53. The van der Waals surface area contributed by atoms with E-state index in [4.69, 9.17) is 9.84 Å². The van der Waals surface area contributed by atoms with Crippen molar-refractivity contribution in [1.29, 1.82) is 0 Å². The molecule has 0 aliphatic heterocycles. The van der Waals surface area contributed by atoms with Gasteiger partial charge in [-0.3, -0.25) is 9.18 Å². The Balaban J connectivity index is 1.87. The molecule has 11 heteroatoms. The predicted octanol–water partition coefficient (Wildman–Crippen LogP) is 4.31. The van der Waals surface area contributed by atoms with Crippen molar-refractivity contribution in [1.82, 2.24) is 20.2 Å². The maximum Gasteiger partial charge on any atom is 0.405 e. The van der Waals surface area contributed by atoms with Gasteiger partial charge < -0.3 is 20.5 Å². The zero-order chi connectivity index (χ0) is 25.8. The topological polar surface area (TPSA) is 105 Å². The molecule has 0 saturated carbocycles. The minimum atomic E-state index is -1.28. The number of hydrogen-bond donors (Lipinski definition) is 3. The summed E-state index contributed by atoms with van der Waals surface area (Å²) in [6, 6.07) is 6.87. The van der Waals surface area contributed by atoms with E-state index in [2.05, 4.69) is 15.7 Å². The number of carboxylic acid groups (broad SMARTS) is 1. The van der Waals surface area contributed by atoms with Crippen molar-refractivity contribution in [2.24, 2.45) is 0 Å². The van der Waals surface area contributed by atoms with Crippen LogP contribution in [0.25, 0.3) is 5.52 Å². The molecule has 3 N–H and O–H groups in total. The van der Waals surface area contributed by atoms with Crippen LogP contribution in [-0.4, -0.2) is 45.5 Å². The first-order valence-electron chi connectivity index (χ1n) is 11.0. The number of benzene rings is 1. The van der Waals surface area contributed by atoms with E-state index < -0.39 is 35.8 Å². The van der Waals surface area contributed by atoms with E-state index in [0.717, 1.165) is 17.7 Å². The van der Waals surface area contributed by atoms with Crippen LogP contribution in [-0.2, 0) is 6.61 Å². The number of ether oxygens (including phenoxy) is 1. The van der Waals surface area contributed by atoms with Crippen LogP contribution < -0.4 is 15.4 Å². The van der Waals surface area contributed by atoms with Crippen LogP contribution in [0, 0.1) is 25.5 Å². The molecule has 3 rings (SSSR count). The van der Waals surface area contributed by atoms with Gasteiger partial charge in [0.15, 0.2) is 0 Å². The Morgan fingerprint density at radius 2 is 1.89 bits per heavy atom. The average molecular weight is 492 g/mol. The van der Waals surface area contributed by atoms with Crippen molar-refractivity contribution in [2.75, 3.05) is 13.2 Å². The number of rotatable bonds is 10. The molecule has 1 aromatic carbocycles. The first-order valence-corrected chi connectivity index (χ1v) is 11.0. The zero-order valence-corrected chi connectivity index (χ0v) is 19.6. The minimum absolute atomic E-state index is 0.0728. The van der Waals surface area contributed by atoms with Crippen molar-refractivity contribution in [3.05, 3.63) is 64.4 Å². The summed E-state index contributed by atoms with van der Waals surface area (Å²) in [5.74, 6) is -1.80. The van der Waals surface area contributed by atoms with Gasteiger partial charge in [-0.05, 0) is 57.4 Å². The van der Waals surface area contributed by atoms with Gasteiger partial charge in [-0.1, -0.05) is 6.07 Å². The highest BCUT2D eigenvalue weighted by molar-refractivity contribution is 6.02. The Morgan fingerprint density at radius 1 is 1.20 bits per heavy atom. The number of alkyl halides is 1. The van der Waals surface area contributed by atoms with Crippen LogP contribution >= 0.6 is 0 Å². The highest BCUT2D eigenvalue weighted by Gasteiger charge is 2.28. The molecular weight excluding hydrogens is 465 g/mol. The summed E-state index contributed by atoms with van der Waals surface area (Å²) in [5.41, 5.74) is 0.419. The van der Waals surface area contributed by atoms with Crippen LogP contribution in [0.5, 0.6) is 5.88 Å². The van der Waals surface area contributed by atoms with Crippen molar-refractivity contribution in [2.45, 2.75) is 45.8 Å². The maximum absolute atomic E-state index is 14.0. The van der Waals surface area contributed by atoms with Crippen molar-refractivity contribution in [3.63, 3.8) is 0 Å². The van der Waals surface area contributed by atoms with E-state index >= 15 is 0 Å². The second kappa shape index (κ2) is 10.7. The van der Waals surface area contributed by atoms with E-state index in [-0.39, 0.29) is 43.0 Å². The smallest absolute Gasteiger partial charge is 0.405 e. The van der Waals surface area contributed by atoms with Gasteiger partial charge in [-0.2, -0.15) is 9.61 Å². The van der Waals surface area contributed by atoms with E-state index in [0.29, 0.717) is 11.2 Å². The van der Waals surface area contributed by atoms with Gasteiger partial charge in [0.1, 0.15) is 18.2 Å². The molecule has 2 aromatic heterocycles. The quantitative estimate of drug-likeness (QED) is 0.391. The number of fused-ring (bicyclic) bond motifs is 1. The summed E-state index contributed by atoms with van der Waals surface area (Å²) in [4.78, 5) is 24.3. The Kier molecular flexibility index (Phi) is 7.88. The van der Waals surface area contributed by atoms with Crippen molar-refractivity contribution < 1.29 is 32.6 Å². The summed E-state index contributed by atoms with van der Waals surface area (Å²) >= 11 is 0. The molecule has 0 spiro atoms. The summed E-state index contributed by atoms with van der Waals surface area (Å²) in [7, 11) is 0. The number of pyridine rings is 1. The second-order valence-corrected chi connectivity index (χ2v) is 8.58. The number of carbonyl (C=O) groups excluding carboxylic acids is 1. The van der Waals surface area contributed by atoms with E-state index in [1.165, 1.54) is 10.6 Å². The van der Waals surface area contributed by atoms with E-state index in [1.807, 2.05) is 0 Å². The standard InChI is InChI=1S/C24H27F3N4O4/c1-14-10-19-21(22(32)28-13-24(3,8-5-9-25)29-23(33)34)15(2)30-31(19)20(11-14)35-12-16-17(26)6-4-7-18(16)27/h4,6-7,10-11,29H,5,8-9,12-13H2,1-3H3,(H,28,32)(H,33,34). The fourth-order valence-electron chi connectivity index (χ4n) is 3.83. The summed E-state index contributed by atoms with van der Waals surface area (Å²) in [6.07, 6.45) is -0.963. The van der Waals surface area contributed by atoms with Crippen LogP contribution in [0.3, 0.4) is 0 Å². The van der Waals surface area contributed by atoms with Crippen LogP contribution in [0.15, 0.2) is 30.3 Å². The predicted molar refractivity (Wildman–Crippen MR) is 122 cm³/mol. The third-order valence-electron chi connectivity index (χ3n) is 5.58. The first kappa shape index (κ1) is 25.9. The van der Waals surface area contributed by atoms with Gasteiger partial charge >= 0.3 is 6.09 Å². The molecule has 0 aliphatic carbocycles. The molecule has 1 atom stereocenters. The average Bonchev–Trinajstić information content (AvgIpc) is 3.11. The molecule has 0 bridgehead atoms. The van der Waals surface area contributed by atoms with Gasteiger partial charge in [-0.25, -0.2) is 13.6 Å². The number of hydrogen-bond acceptors (Lipinski definition) is 4. The van der Waals surface area contributed by atoms with Crippen LogP contribution in [0.1, 0.15) is 46.9 Å². The van der Waals surface area contributed by atoms with Gasteiger partial charge in [-0.15, -0.1) is 0 Å². The molecule has 188 valence electrons. The highest BCUT2D eigenvalue weighted by atomic mass is 19.1. The molecule has 0 radical (unpaired) electrons.